The molecular formula is C7H14N4O. The summed E-state index contributed by atoms with van der Waals surface area (Å²) < 4.78 is 6.85. The van der Waals surface area contributed by atoms with Gasteiger partial charge in [0.05, 0.1) is 6.20 Å². The van der Waals surface area contributed by atoms with Crippen molar-refractivity contribution in [3.63, 3.8) is 0 Å². The molecule has 1 atom stereocenters. The molecule has 2 N–H and O–H groups in total. The van der Waals surface area contributed by atoms with E-state index in [-0.39, 0.29) is 6.10 Å². The normalized spacial score (nSPS) is 13.2. The highest BCUT2D eigenvalue weighted by atomic mass is 16.5. The molecule has 5 nitrogen and oxygen atoms in total. The van der Waals surface area contributed by atoms with Gasteiger partial charge in [0, 0.05) is 20.2 Å². The van der Waals surface area contributed by atoms with Gasteiger partial charge in [0.1, 0.15) is 11.8 Å². The number of nitrogens with zero attached hydrogens (tertiary/aromatic N) is 3. The average Bonchev–Trinajstić information content (AvgIpc) is 2.55. The molecule has 1 unspecified atom stereocenters. The molecule has 0 fully saturated rings. The van der Waals surface area contributed by atoms with Gasteiger partial charge in [-0.3, -0.25) is 4.68 Å². The third-order valence-corrected chi connectivity index (χ3v) is 1.71. The van der Waals surface area contributed by atoms with Crippen LogP contribution in [-0.2, 0) is 11.3 Å². The van der Waals surface area contributed by atoms with Crippen LogP contribution in [0, 0.1) is 0 Å². The van der Waals surface area contributed by atoms with Crippen molar-refractivity contribution in [1.29, 1.82) is 0 Å². The molecule has 0 radical (unpaired) electrons. The molecule has 1 heterocycles. The third-order valence-electron chi connectivity index (χ3n) is 1.71. The van der Waals surface area contributed by atoms with E-state index < -0.39 is 0 Å². The molecule has 0 saturated carbocycles. The molecule has 5 heteroatoms. The Hall–Kier alpha value is -0.940. The lowest BCUT2D eigenvalue weighted by atomic mass is 10.3. The largest absolute Gasteiger partial charge is 0.374 e. The Labute approximate surface area is 71.5 Å². The lowest BCUT2D eigenvalue weighted by molar-refractivity contribution is 0.107. The number of hydrogen-bond acceptors (Lipinski definition) is 4. The number of aryl methyl sites for hydroxylation is 1. The summed E-state index contributed by atoms with van der Waals surface area (Å²) in [4.78, 5) is 0. The van der Waals surface area contributed by atoms with E-state index in [1.807, 2.05) is 13.1 Å². The van der Waals surface area contributed by atoms with Gasteiger partial charge in [-0.15, -0.1) is 5.10 Å². The van der Waals surface area contributed by atoms with E-state index in [0.717, 1.165) is 12.2 Å². The fourth-order valence-corrected chi connectivity index (χ4v) is 0.953. The fraction of sp³-hybridized carbons (Fsp3) is 0.714. The van der Waals surface area contributed by atoms with Crippen molar-refractivity contribution in [2.24, 2.45) is 5.73 Å². The standard InChI is InChI=1S/C7H14N4O/c1-3-11-5-6(9-10-11)7(4-8)12-2/h5,7H,3-4,8H2,1-2H3. The first kappa shape index (κ1) is 9.15. The number of hydrogen-bond donors (Lipinski definition) is 1. The van der Waals surface area contributed by atoms with Crippen LogP contribution in [0.4, 0.5) is 0 Å². The fourth-order valence-electron chi connectivity index (χ4n) is 0.953. The monoisotopic (exact) mass is 170 g/mol. The second-order valence-corrected chi connectivity index (χ2v) is 2.46. The van der Waals surface area contributed by atoms with E-state index in [1.165, 1.54) is 0 Å². The molecular weight excluding hydrogens is 156 g/mol. The SMILES string of the molecule is CCn1cc(C(CN)OC)nn1. The molecule has 0 bridgehead atoms. The molecule has 12 heavy (non-hydrogen) atoms. The minimum Gasteiger partial charge on any atom is -0.374 e. The van der Waals surface area contributed by atoms with Gasteiger partial charge in [0.25, 0.3) is 0 Å². The van der Waals surface area contributed by atoms with Crippen LogP contribution in [0.25, 0.3) is 0 Å². The van der Waals surface area contributed by atoms with Crippen LogP contribution in [-0.4, -0.2) is 28.6 Å². The highest BCUT2D eigenvalue weighted by Gasteiger charge is 2.11. The summed E-state index contributed by atoms with van der Waals surface area (Å²) in [6.45, 7) is 3.25. The van der Waals surface area contributed by atoms with Crippen molar-refractivity contribution >= 4 is 0 Å². The molecule has 68 valence electrons. The van der Waals surface area contributed by atoms with Crippen molar-refractivity contribution in [3.8, 4) is 0 Å². The quantitative estimate of drug-likeness (QED) is 0.687. The zero-order valence-corrected chi connectivity index (χ0v) is 7.40. The van der Waals surface area contributed by atoms with Crippen LogP contribution >= 0.6 is 0 Å². The van der Waals surface area contributed by atoms with Crippen molar-refractivity contribution in [2.45, 2.75) is 19.6 Å². The first-order chi connectivity index (χ1) is 5.81. The maximum absolute atomic E-state index is 5.46. The molecule has 0 amide bonds. The summed E-state index contributed by atoms with van der Waals surface area (Å²) in [7, 11) is 1.61. The van der Waals surface area contributed by atoms with Gasteiger partial charge < -0.3 is 10.5 Å². The van der Waals surface area contributed by atoms with Gasteiger partial charge in [0.15, 0.2) is 0 Å². The Morgan fingerprint density at radius 3 is 2.92 bits per heavy atom. The highest BCUT2D eigenvalue weighted by Crippen LogP contribution is 2.10. The van der Waals surface area contributed by atoms with Gasteiger partial charge in [-0.05, 0) is 6.92 Å². The predicted molar refractivity (Wildman–Crippen MR) is 44.5 cm³/mol. The molecule has 0 aromatic carbocycles. The van der Waals surface area contributed by atoms with E-state index in [2.05, 4.69) is 10.3 Å². The number of nitrogens with two attached hydrogens (primary N) is 1. The Morgan fingerprint density at radius 1 is 1.75 bits per heavy atom. The summed E-state index contributed by atoms with van der Waals surface area (Å²) in [5, 5.41) is 7.82. The van der Waals surface area contributed by atoms with Gasteiger partial charge in [0.2, 0.25) is 0 Å². The van der Waals surface area contributed by atoms with E-state index in [0.29, 0.717) is 6.54 Å². The topological polar surface area (TPSA) is 66.0 Å². The summed E-state index contributed by atoms with van der Waals surface area (Å²) in [5.74, 6) is 0. The maximum Gasteiger partial charge on any atom is 0.115 e. The molecule has 1 aromatic heterocycles. The molecule has 0 spiro atoms. The van der Waals surface area contributed by atoms with Crippen LogP contribution < -0.4 is 5.73 Å². The van der Waals surface area contributed by atoms with Crippen molar-refractivity contribution in [1.82, 2.24) is 15.0 Å². The van der Waals surface area contributed by atoms with Crippen LogP contribution in [0.5, 0.6) is 0 Å². The van der Waals surface area contributed by atoms with Gasteiger partial charge >= 0.3 is 0 Å². The van der Waals surface area contributed by atoms with Crippen molar-refractivity contribution in [2.75, 3.05) is 13.7 Å². The van der Waals surface area contributed by atoms with E-state index in [4.69, 9.17) is 10.5 Å². The first-order valence-corrected chi connectivity index (χ1v) is 3.94. The van der Waals surface area contributed by atoms with Crippen LogP contribution in [0.15, 0.2) is 6.20 Å². The van der Waals surface area contributed by atoms with E-state index in [9.17, 15) is 0 Å². The molecule has 1 rings (SSSR count). The van der Waals surface area contributed by atoms with Gasteiger partial charge in [-0.25, -0.2) is 0 Å². The van der Waals surface area contributed by atoms with Crippen LogP contribution in [0.1, 0.15) is 18.7 Å². The zero-order chi connectivity index (χ0) is 8.97. The molecule has 0 aliphatic carbocycles. The molecule has 0 aliphatic heterocycles. The van der Waals surface area contributed by atoms with Crippen molar-refractivity contribution < 1.29 is 4.74 Å². The molecule has 0 saturated heterocycles. The summed E-state index contributed by atoms with van der Waals surface area (Å²) in [6.07, 6.45) is 1.71. The van der Waals surface area contributed by atoms with Crippen molar-refractivity contribution in [3.05, 3.63) is 11.9 Å². The molecule has 0 aliphatic rings. The Bertz CT molecular complexity index is 231. The lowest BCUT2D eigenvalue weighted by Gasteiger charge is -2.07. The predicted octanol–water partition coefficient (Wildman–Crippen LogP) is -0.0558. The van der Waals surface area contributed by atoms with Crippen LogP contribution in [0.3, 0.4) is 0 Å². The second-order valence-electron chi connectivity index (χ2n) is 2.46. The molecule has 1 aromatic rings. The number of ether oxygens (including phenoxy) is 1. The second kappa shape index (κ2) is 4.18. The van der Waals surface area contributed by atoms with Gasteiger partial charge in [-0.1, -0.05) is 5.21 Å². The first-order valence-electron chi connectivity index (χ1n) is 3.94. The number of rotatable bonds is 4. The van der Waals surface area contributed by atoms with E-state index >= 15 is 0 Å². The van der Waals surface area contributed by atoms with Crippen LogP contribution in [0.2, 0.25) is 0 Å². The lowest BCUT2D eigenvalue weighted by Crippen LogP contribution is -2.14. The van der Waals surface area contributed by atoms with Gasteiger partial charge in [-0.2, -0.15) is 0 Å². The van der Waals surface area contributed by atoms with E-state index in [1.54, 1.807) is 11.8 Å². The smallest absolute Gasteiger partial charge is 0.115 e. The maximum atomic E-state index is 5.46. The minimum absolute atomic E-state index is 0.134. The highest BCUT2D eigenvalue weighted by molar-refractivity contribution is 4.98. The summed E-state index contributed by atoms with van der Waals surface area (Å²) in [5.41, 5.74) is 6.26. The number of methoxy groups -OCH3 is 1. The Morgan fingerprint density at radius 2 is 2.50 bits per heavy atom. The zero-order valence-electron chi connectivity index (χ0n) is 7.40. The summed E-state index contributed by atoms with van der Waals surface area (Å²) >= 11 is 0. The average molecular weight is 170 g/mol. The summed E-state index contributed by atoms with van der Waals surface area (Å²) in [6, 6.07) is 0. The third kappa shape index (κ3) is 1.80. The minimum atomic E-state index is -0.134. The Balaban J connectivity index is 2.72. The number of aromatic nitrogens is 3. The Kier molecular flexibility index (Phi) is 3.19.